The van der Waals surface area contributed by atoms with Gasteiger partial charge in [-0.25, -0.2) is 4.85 Å². The van der Waals surface area contributed by atoms with Gasteiger partial charge in [0.15, 0.2) is 5.69 Å². The first-order valence-electron chi connectivity index (χ1n) is 20.4. The van der Waals surface area contributed by atoms with Gasteiger partial charge in [0, 0.05) is 5.56 Å². The first kappa shape index (κ1) is 34.0. The molecule has 12 aromatic carbocycles. The van der Waals surface area contributed by atoms with Gasteiger partial charge >= 0.3 is 0 Å². The highest BCUT2D eigenvalue weighted by Gasteiger charge is 2.27. The first-order valence-corrected chi connectivity index (χ1v) is 20.4. The number of hydrogen-bond acceptors (Lipinski definition) is 1. The zero-order chi connectivity index (χ0) is 40.2. The molecular weight excluding hydrogens is 725 g/mol. The van der Waals surface area contributed by atoms with E-state index in [0.717, 1.165) is 22.3 Å². The first-order chi connectivity index (χ1) is 29.5. The van der Waals surface area contributed by atoms with Crippen LogP contribution in [-0.2, 0) is 0 Å². The maximum atomic E-state index is 9.50. The van der Waals surface area contributed by atoms with E-state index in [1.54, 1.807) is 12.1 Å². The maximum Gasteiger partial charge on any atom is 0.196 e. The smallest absolute Gasteiger partial charge is 0.196 e. The highest BCUT2D eigenvalue weighted by Crippen LogP contribution is 2.55. The van der Waals surface area contributed by atoms with Crippen molar-refractivity contribution >= 4 is 81.1 Å². The van der Waals surface area contributed by atoms with Gasteiger partial charge in [0.25, 0.3) is 0 Å². The van der Waals surface area contributed by atoms with Crippen molar-refractivity contribution in [2.75, 3.05) is 0 Å². The van der Waals surface area contributed by atoms with E-state index in [1.807, 2.05) is 6.07 Å². The fraction of sp³-hybridized carbons (Fsp3) is 0.0345. The maximum absolute atomic E-state index is 9.50. The van der Waals surface area contributed by atoms with Crippen molar-refractivity contribution in [3.8, 4) is 50.6 Å². The topological polar surface area (TPSA) is 28.1 Å². The molecule has 0 aliphatic carbocycles. The highest BCUT2D eigenvalue weighted by molar-refractivity contribution is 6.45. The minimum absolute atomic E-state index is 0.492. The Balaban J connectivity index is 1.24. The van der Waals surface area contributed by atoms with Gasteiger partial charge in [-0.15, -0.1) is 0 Å². The number of aryl methyl sites for hydroxylation is 2. The Morgan fingerprint density at radius 2 is 0.917 bits per heavy atom. The van der Waals surface area contributed by atoms with Crippen molar-refractivity contribution in [1.82, 2.24) is 0 Å². The minimum atomic E-state index is 0.492. The van der Waals surface area contributed by atoms with E-state index in [0.29, 0.717) is 11.3 Å². The van der Waals surface area contributed by atoms with Crippen LogP contribution in [0.15, 0.2) is 170 Å². The molecule has 0 radical (unpaired) electrons. The van der Waals surface area contributed by atoms with Crippen LogP contribution in [0.1, 0.15) is 16.7 Å². The van der Waals surface area contributed by atoms with Crippen LogP contribution in [0.5, 0.6) is 0 Å². The Hall–Kier alpha value is -8.04. The van der Waals surface area contributed by atoms with Gasteiger partial charge < -0.3 is 0 Å². The van der Waals surface area contributed by atoms with Crippen LogP contribution in [0.2, 0.25) is 0 Å². The number of hydrogen-bond donors (Lipinski definition) is 0. The molecule has 0 atom stereocenters. The molecule has 0 aliphatic rings. The Bertz CT molecular complexity index is 3820. The lowest BCUT2D eigenvalue weighted by Gasteiger charge is -2.19. The second kappa shape index (κ2) is 12.7. The summed E-state index contributed by atoms with van der Waals surface area (Å²) in [5.41, 5.74) is 12.5. The van der Waals surface area contributed by atoms with Crippen molar-refractivity contribution in [2.45, 2.75) is 13.8 Å². The Morgan fingerprint density at radius 3 is 1.60 bits per heavy atom. The molecule has 2 nitrogen and oxygen atoms in total. The van der Waals surface area contributed by atoms with Gasteiger partial charge in [0.1, 0.15) is 0 Å². The summed E-state index contributed by atoms with van der Waals surface area (Å²) >= 11 is 0. The van der Waals surface area contributed by atoms with Crippen LogP contribution in [0.4, 0.5) is 5.69 Å². The third kappa shape index (κ3) is 4.62. The molecule has 0 aromatic heterocycles. The quantitative estimate of drug-likeness (QED) is 0.130. The Kier molecular flexibility index (Phi) is 7.22. The van der Waals surface area contributed by atoms with Crippen LogP contribution in [0, 0.1) is 31.8 Å². The summed E-state index contributed by atoms with van der Waals surface area (Å²) in [6.07, 6.45) is 0. The molecule has 0 unspecified atom stereocenters. The molecule has 0 saturated carbocycles. The fourth-order valence-electron chi connectivity index (χ4n) is 10.7. The van der Waals surface area contributed by atoms with Crippen molar-refractivity contribution < 1.29 is 0 Å². The van der Waals surface area contributed by atoms with E-state index in [4.69, 9.17) is 6.57 Å². The summed E-state index contributed by atoms with van der Waals surface area (Å²) in [4.78, 5) is 3.80. The molecule has 0 amide bonds. The lowest BCUT2D eigenvalue weighted by Crippen LogP contribution is -1.92. The third-order valence-electron chi connectivity index (χ3n) is 13.0. The summed E-state index contributed by atoms with van der Waals surface area (Å²) in [6, 6.07) is 63.8. The van der Waals surface area contributed by atoms with Crippen molar-refractivity contribution in [2.24, 2.45) is 0 Å². The molecule has 12 aromatic rings. The van der Waals surface area contributed by atoms with Gasteiger partial charge in [-0.3, -0.25) is 0 Å². The molecular formula is C58H34N2. The van der Waals surface area contributed by atoms with Crippen LogP contribution in [0.3, 0.4) is 0 Å². The summed E-state index contributed by atoms with van der Waals surface area (Å²) in [5.74, 6) is 0. The van der Waals surface area contributed by atoms with Crippen molar-refractivity contribution in [1.29, 1.82) is 5.26 Å². The molecule has 0 bridgehead atoms. The third-order valence-corrected chi connectivity index (χ3v) is 13.0. The highest BCUT2D eigenvalue weighted by atomic mass is 14.6. The molecule has 0 aliphatic heterocycles. The molecule has 60 heavy (non-hydrogen) atoms. The van der Waals surface area contributed by atoms with E-state index in [1.165, 1.54) is 109 Å². The van der Waals surface area contributed by atoms with Gasteiger partial charge in [0.2, 0.25) is 0 Å². The lowest BCUT2D eigenvalue weighted by atomic mass is 9.84. The van der Waals surface area contributed by atoms with Gasteiger partial charge in [-0.05, 0) is 163 Å². The van der Waals surface area contributed by atoms with Crippen molar-refractivity contribution in [3.05, 3.63) is 198 Å². The second-order valence-electron chi connectivity index (χ2n) is 16.2. The molecule has 0 fully saturated rings. The van der Waals surface area contributed by atoms with Crippen LogP contribution in [0.25, 0.3) is 125 Å². The summed E-state index contributed by atoms with van der Waals surface area (Å²) in [6.45, 7) is 12.2. The molecule has 12 rings (SSSR count). The summed E-state index contributed by atoms with van der Waals surface area (Å²) in [5, 5.41) is 27.5. The van der Waals surface area contributed by atoms with Gasteiger partial charge in [-0.1, -0.05) is 152 Å². The second-order valence-corrected chi connectivity index (χ2v) is 16.2. The molecule has 0 N–H and O–H groups in total. The monoisotopic (exact) mass is 758 g/mol. The Morgan fingerprint density at radius 1 is 0.383 bits per heavy atom. The normalized spacial score (nSPS) is 11.8. The van der Waals surface area contributed by atoms with Crippen LogP contribution < -0.4 is 0 Å². The predicted molar refractivity (Wildman–Crippen MR) is 254 cm³/mol. The lowest BCUT2D eigenvalue weighted by molar-refractivity contribution is 1.38. The largest absolute Gasteiger partial charge is 0.237 e. The number of rotatable bonds is 4. The van der Waals surface area contributed by atoms with E-state index < -0.39 is 0 Å². The van der Waals surface area contributed by atoms with Crippen LogP contribution in [-0.4, -0.2) is 0 Å². The summed E-state index contributed by atoms with van der Waals surface area (Å²) < 4.78 is 0. The fourth-order valence-corrected chi connectivity index (χ4v) is 10.7. The average Bonchev–Trinajstić information content (AvgIpc) is 3.80. The summed E-state index contributed by atoms with van der Waals surface area (Å²) in [7, 11) is 0. The SMILES string of the molecule is [C-]#[N+]c1cc(C#N)ccc1-c1cc(C)c(-c2ccc3c4c(-c5ccccc5)c5cc6c7ccccc7c7cccc(c5c(-c5ccccc5)c4c4cccc2c34)c76)c(C)c1. The average molecular weight is 759 g/mol. The molecule has 0 saturated heterocycles. The predicted octanol–water partition coefficient (Wildman–Crippen LogP) is 16.3. The van der Waals surface area contributed by atoms with E-state index in [2.05, 4.69) is 176 Å². The van der Waals surface area contributed by atoms with E-state index in [9.17, 15) is 5.26 Å². The standard InChI is InChI=1S/C58H34N2/c1-33-28-38(39-25-24-35(32-59)30-50(39)60-3)29-34(2)51(33)44-26-27-47-54-43(44)21-13-23-46(54)58-53(37-16-8-5-9-17-37)56-45-22-12-20-42-40-18-10-11-19-41(40)48(55(42)45)31-49(56)52(57(47)58)36-14-6-4-7-15-36/h4-31H,1-2H3. The van der Waals surface area contributed by atoms with Crippen LogP contribution >= 0.6 is 0 Å². The number of benzene rings is 10. The van der Waals surface area contributed by atoms with E-state index in [-0.39, 0.29) is 0 Å². The Labute approximate surface area is 347 Å². The van der Waals surface area contributed by atoms with E-state index >= 15 is 0 Å². The van der Waals surface area contributed by atoms with Gasteiger partial charge in [-0.2, -0.15) is 5.26 Å². The molecule has 0 spiro atoms. The zero-order valence-corrected chi connectivity index (χ0v) is 33.1. The number of fused-ring (bicyclic) bond motifs is 8. The molecule has 276 valence electrons. The van der Waals surface area contributed by atoms with Crippen molar-refractivity contribution in [3.63, 3.8) is 0 Å². The number of nitrogens with zero attached hydrogens (tertiary/aromatic N) is 2. The minimum Gasteiger partial charge on any atom is -0.237 e. The number of nitriles is 1. The molecule has 2 heteroatoms. The van der Waals surface area contributed by atoms with Gasteiger partial charge in [0.05, 0.1) is 12.6 Å². The molecule has 0 heterocycles. The zero-order valence-electron chi connectivity index (χ0n) is 33.1.